The molecule has 0 bridgehead atoms. The summed E-state index contributed by atoms with van der Waals surface area (Å²) in [5, 5.41) is 1.04. The van der Waals surface area contributed by atoms with Gasteiger partial charge in [0, 0.05) is 16.9 Å². The molecule has 1 heterocycles. The van der Waals surface area contributed by atoms with Crippen LogP contribution in [-0.4, -0.2) is 11.5 Å². The van der Waals surface area contributed by atoms with E-state index in [1.54, 1.807) is 23.5 Å². The molecule has 0 saturated carbocycles. The summed E-state index contributed by atoms with van der Waals surface area (Å²) in [6, 6.07) is 6.42. The second kappa shape index (κ2) is 4.72. The summed E-state index contributed by atoms with van der Waals surface area (Å²) < 4.78 is 12.8. The van der Waals surface area contributed by atoms with Crippen molar-refractivity contribution in [1.29, 1.82) is 0 Å². The largest absolute Gasteiger partial charge is 0.330 e. The van der Waals surface area contributed by atoms with Crippen LogP contribution in [-0.2, 0) is 6.42 Å². The SMILES string of the molecule is Cc1sc(CCN)nc1-c1ccc(F)cc1. The Bertz CT molecular complexity index is 476. The van der Waals surface area contributed by atoms with E-state index in [0.717, 1.165) is 27.6 Å². The lowest BCUT2D eigenvalue weighted by molar-refractivity contribution is 0.628. The smallest absolute Gasteiger partial charge is 0.123 e. The van der Waals surface area contributed by atoms with Gasteiger partial charge in [0.25, 0.3) is 0 Å². The van der Waals surface area contributed by atoms with Gasteiger partial charge < -0.3 is 5.73 Å². The first-order valence-corrected chi connectivity index (χ1v) is 5.94. The monoisotopic (exact) mass is 236 g/mol. The first-order chi connectivity index (χ1) is 7.70. The highest BCUT2D eigenvalue weighted by Crippen LogP contribution is 2.27. The number of thiazole rings is 1. The minimum Gasteiger partial charge on any atom is -0.330 e. The van der Waals surface area contributed by atoms with E-state index in [1.807, 2.05) is 6.92 Å². The summed E-state index contributed by atoms with van der Waals surface area (Å²) in [5.74, 6) is -0.223. The van der Waals surface area contributed by atoms with E-state index in [4.69, 9.17) is 5.73 Å². The summed E-state index contributed by atoms with van der Waals surface area (Å²) >= 11 is 1.65. The maximum atomic E-state index is 12.8. The zero-order valence-corrected chi connectivity index (χ0v) is 9.85. The Labute approximate surface area is 97.9 Å². The molecule has 0 aliphatic carbocycles. The maximum Gasteiger partial charge on any atom is 0.123 e. The molecular weight excluding hydrogens is 223 g/mol. The quantitative estimate of drug-likeness (QED) is 0.890. The van der Waals surface area contributed by atoms with Gasteiger partial charge in [-0.3, -0.25) is 0 Å². The van der Waals surface area contributed by atoms with Crippen LogP contribution in [0.15, 0.2) is 24.3 Å². The van der Waals surface area contributed by atoms with Crippen molar-refractivity contribution in [3.8, 4) is 11.3 Å². The molecule has 0 aliphatic heterocycles. The van der Waals surface area contributed by atoms with Gasteiger partial charge in [-0.05, 0) is 37.7 Å². The highest BCUT2D eigenvalue weighted by Gasteiger charge is 2.09. The molecule has 0 unspecified atom stereocenters. The predicted octanol–water partition coefficient (Wildman–Crippen LogP) is 2.76. The van der Waals surface area contributed by atoms with Crippen LogP contribution in [0.5, 0.6) is 0 Å². The van der Waals surface area contributed by atoms with E-state index in [9.17, 15) is 4.39 Å². The highest BCUT2D eigenvalue weighted by molar-refractivity contribution is 7.12. The molecule has 2 rings (SSSR count). The minimum atomic E-state index is -0.223. The summed E-state index contributed by atoms with van der Waals surface area (Å²) in [6.45, 7) is 2.63. The standard InChI is InChI=1S/C12H13FN2S/c1-8-12(15-11(16-8)6-7-14)9-2-4-10(13)5-3-9/h2-5H,6-7,14H2,1H3. The zero-order valence-electron chi connectivity index (χ0n) is 9.03. The van der Waals surface area contributed by atoms with Crippen molar-refractivity contribution >= 4 is 11.3 Å². The number of nitrogens with two attached hydrogens (primary N) is 1. The van der Waals surface area contributed by atoms with Crippen molar-refractivity contribution in [2.24, 2.45) is 5.73 Å². The van der Waals surface area contributed by atoms with E-state index in [1.165, 1.54) is 12.1 Å². The molecule has 2 aromatic rings. The molecular formula is C12H13FN2S. The van der Waals surface area contributed by atoms with Crippen molar-refractivity contribution in [2.75, 3.05) is 6.54 Å². The van der Waals surface area contributed by atoms with Crippen molar-refractivity contribution in [1.82, 2.24) is 4.98 Å². The normalized spacial score (nSPS) is 10.7. The second-order valence-corrected chi connectivity index (χ2v) is 4.85. The fraction of sp³-hybridized carbons (Fsp3) is 0.250. The molecule has 0 amide bonds. The second-order valence-electron chi connectivity index (χ2n) is 3.56. The molecule has 0 spiro atoms. The van der Waals surface area contributed by atoms with Gasteiger partial charge in [-0.15, -0.1) is 11.3 Å². The number of aryl methyl sites for hydroxylation is 1. The molecule has 4 heteroatoms. The Morgan fingerprint density at radius 2 is 2.00 bits per heavy atom. The molecule has 84 valence electrons. The Kier molecular flexibility index (Phi) is 3.31. The first kappa shape index (κ1) is 11.2. The van der Waals surface area contributed by atoms with Gasteiger partial charge >= 0.3 is 0 Å². The molecule has 0 aliphatic rings. The summed E-state index contributed by atoms with van der Waals surface area (Å²) in [6.07, 6.45) is 0.798. The first-order valence-electron chi connectivity index (χ1n) is 5.13. The van der Waals surface area contributed by atoms with Crippen molar-refractivity contribution in [3.63, 3.8) is 0 Å². The summed E-state index contributed by atoms with van der Waals surface area (Å²) in [7, 11) is 0. The Balaban J connectivity index is 2.36. The fourth-order valence-electron chi connectivity index (χ4n) is 1.56. The lowest BCUT2D eigenvalue weighted by Crippen LogP contribution is -2.01. The van der Waals surface area contributed by atoms with E-state index in [0.29, 0.717) is 6.54 Å². The van der Waals surface area contributed by atoms with Gasteiger partial charge in [-0.2, -0.15) is 0 Å². The van der Waals surface area contributed by atoms with Crippen LogP contribution in [0.1, 0.15) is 9.88 Å². The van der Waals surface area contributed by atoms with Crippen LogP contribution in [0, 0.1) is 12.7 Å². The molecule has 16 heavy (non-hydrogen) atoms. The average molecular weight is 236 g/mol. The predicted molar refractivity (Wildman–Crippen MR) is 65.0 cm³/mol. The van der Waals surface area contributed by atoms with Gasteiger partial charge in [0.2, 0.25) is 0 Å². The van der Waals surface area contributed by atoms with Crippen molar-refractivity contribution in [2.45, 2.75) is 13.3 Å². The van der Waals surface area contributed by atoms with Gasteiger partial charge in [0.1, 0.15) is 5.82 Å². The van der Waals surface area contributed by atoms with E-state index in [2.05, 4.69) is 4.98 Å². The molecule has 2 nitrogen and oxygen atoms in total. The number of benzene rings is 1. The average Bonchev–Trinajstić information content (AvgIpc) is 2.61. The minimum absolute atomic E-state index is 0.223. The lowest BCUT2D eigenvalue weighted by Gasteiger charge is -1.97. The lowest BCUT2D eigenvalue weighted by atomic mass is 10.1. The molecule has 0 fully saturated rings. The van der Waals surface area contributed by atoms with Crippen molar-refractivity contribution < 1.29 is 4.39 Å². The third-order valence-electron chi connectivity index (χ3n) is 2.32. The highest BCUT2D eigenvalue weighted by atomic mass is 32.1. The van der Waals surface area contributed by atoms with E-state index >= 15 is 0 Å². The number of nitrogens with zero attached hydrogens (tertiary/aromatic N) is 1. The summed E-state index contributed by atoms with van der Waals surface area (Å²) in [5.41, 5.74) is 7.39. The van der Waals surface area contributed by atoms with Gasteiger partial charge in [-0.25, -0.2) is 9.37 Å². The molecule has 0 radical (unpaired) electrons. The van der Waals surface area contributed by atoms with Gasteiger partial charge in [-0.1, -0.05) is 0 Å². The molecule has 1 aromatic carbocycles. The van der Waals surface area contributed by atoms with Crippen LogP contribution < -0.4 is 5.73 Å². The van der Waals surface area contributed by atoms with Crippen LogP contribution in [0.3, 0.4) is 0 Å². The number of hydrogen-bond donors (Lipinski definition) is 1. The third kappa shape index (κ3) is 2.28. The number of rotatable bonds is 3. The van der Waals surface area contributed by atoms with Crippen LogP contribution in [0.2, 0.25) is 0 Å². The van der Waals surface area contributed by atoms with Gasteiger partial charge in [0.05, 0.1) is 10.7 Å². The molecule has 0 atom stereocenters. The van der Waals surface area contributed by atoms with Gasteiger partial charge in [0.15, 0.2) is 0 Å². The van der Waals surface area contributed by atoms with Crippen LogP contribution in [0.25, 0.3) is 11.3 Å². The molecule has 0 saturated heterocycles. The maximum absolute atomic E-state index is 12.8. The molecule has 1 aromatic heterocycles. The Hall–Kier alpha value is -1.26. The Morgan fingerprint density at radius 3 is 2.62 bits per heavy atom. The number of hydrogen-bond acceptors (Lipinski definition) is 3. The summed E-state index contributed by atoms with van der Waals surface area (Å²) in [4.78, 5) is 5.66. The Morgan fingerprint density at radius 1 is 1.31 bits per heavy atom. The van der Waals surface area contributed by atoms with Crippen molar-refractivity contribution in [3.05, 3.63) is 40.0 Å². The number of halogens is 1. The van der Waals surface area contributed by atoms with E-state index < -0.39 is 0 Å². The fourth-order valence-corrected chi connectivity index (χ4v) is 2.53. The zero-order chi connectivity index (χ0) is 11.5. The van der Waals surface area contributed by atoms with E-state index in [-0.39, 0.29) is 5.82 Å². The van der Waals surface area contributed by atoms with Crippen LogP contribution in [0.4, 0.5) is 4.39 Å². The number of aromatic nitrogens is 1. The van der Waals surface area contributed by atoms with Crippen LogP contribution >= 0.6 is 11.3 Å². The topological polar surface area (TPSA) is 38.9 Å². The molecule has 2 N–H and O–H groups in total. The third-order valence-corrected chi connectivity index (χ3v) is 3.35.